The van der Waals surface area contributed by atoms with Gasteiger partial charge in [-0.25, -0.2) is 4.39 Å². The fourth-order valence-electron chi connectivity index (χ4n) is 1.84. The highest BCUT2D eigenvalue weighted by atomic mass is 19.1. The van der Waals surface area contributed by atoms with Crippen LogP contribution in [0.15, 0.2) is 18.2 Å². The van der Waals surface area contributed by atoms with Crippen molar-refractivity contribution >= 4 is 0 Å². The molecule has 96 valence electrons. The van der Waals surface area contributed by atoms with Crippen molar-refractivity contribution in [2.24, 2.45) is 0 Å². The second kappa shape index (κ2) is 7.25. The Labute approximate surface area is 102 Å². The molecule has 0 bridgehead atoms. The molecular weight excluding hydrogens is 221 g/mol. The van der Waals surface area contributed by atoms with E-state index in [2.05, 4.69) is 11.8 Å². The summed E-state index contributed by atoms with van der Waals surface area (Å²) in [6, 6.07) is 4.51. The molecule has 1 aromatic carbocycles. The average molecular weight is 241 g/mol. The Morgan fingerprint density at radius 2 is 2.12 bits per heavy atom. The van der Waals surface area contributed by atoms with Crippen LogP contribution < -0.4 is 4.74 Å². The SMILES string of the molecule is CCCN(CCO)Cc1cc(F)ccc1OC. The van der Waals surface area contributed by atoms with Gasteiger partial charge in [-0.3, -0.25) is 4.90 Å². The maximum absolute atomic E-state index is 13.2. The summed E-state index contributed by atoms with van der Waals surface area (Å²) in [6.07, 6.45) is 0.998. The van der Waals surface area contributed by atoms with Crippen molar-refractivity contribution in [2.75, 3.05) is 26.8 Å². The highest BCUT2D eigenvalue weighted by Gasteiger charge is 2.09. The zero-order valence-corrected chi connectivity index (χ0v) is 10.4. The van der Waals surface area contributed by atoms with E-state index in [-0.39, 0.29) is 12.4 Å². The fraction of sp³-hybridized carbons (Fsp3) is 0.538. The van der Waals surface area contributed by atoms with Crippen LogP contribution in [-0.4, -0.2) is 36.8 Å². The number of ether oxygens (including phenoxy) is 1. The topological polar surface area (TPSA) is 32.7 Å². The summed E-state index contributed by atoms with van der Waals surface area (Å²) < 4.78 is 18.4. The number of rotatable bonds is 7. The Morgan fingerprint density at radius 1 is 1.35 bits per heavy atom. The number of nitrogens with zero attached hydrogens (tertiary/aromatic N) is 1. The predicted octanol–water partition coefficient (Wildman–Crippen LogP) is 2.04. The van der Waals surface area contributed by atoms with Crippen LogP contribution in [0.5, 0.6) is 5.75 Å². The van der Waals surface area contributed by atoms with Gasteiger partial charge in [-0.15, -0.1) is 0 Å². The first kappa shape index (κ1) is 13.9. The molecule has 0 amide bonds. The summed E-state index contributed by atoms with van der Waals surface area (Å²) in [6.45, 7) is 4.24. The molecule has 0 aliphatic rings. The van der Waals surface area contributed by atoms with Crippen LogP contribution in [0.25, 0.3) is 0 Å². The molecule has 1 rings (SSSR count). The molecule has 0 radical (unpaired) electrons. The maximum Gasteiger partial charge on any atom is 0.123 e. The first-order valence-corrected chi connectivity index (χ1v) is 5.86. The normalized spacial score (nSPS) is 10.9. The molecule has 17 heavy (non-hydrogen) atoms. The van der Waals surface area contributed by atoms with Crippen molar-refractivity contribution in [1.82, 2.24) is 4.90 Å². The highest BCUT2D eigenvalue weighted by molar-refractivity contribution is 5.33. The van der Waals surface area contributed by atoms with Crippen LogP contribution >= 0.6 is 0 Å². The number of benzene rings is 1. The molecule has 0 heterocycles. The van der Waals surface area contributed by atoms with E-state index in [4.69, 9.17) is 9.84 Å². The number of halogens is 1. The second-order valence-corrected chi connectivity index (χ2v) is 3.96. The van der Waals surface area contributed by atoms with Gasteiger partial charge in [0.05, 0.1) is 13.7 Å². The molecule has 0 atom stereocenters. The second-order valence-electron chi connectivity index (χ2n) is 3.96. The van der Waals surface area contributed by atoms with Gasteiger partial charge in [0.25, 0.3) is 0 Å². The van der Waals surface area contributed by atoms with Crippen molar-refractivity contribution in [1.29, 1.82) is 0 Å². The zero-order valence-electron chi connectivity index (χ0n) is 10.4. The minimum absolute atomic E-state index is 0.109. The third-order valence-electron chi connectivity index (χ3n) is 2.59. The van der Waals surface area contributed by atoms with Crippen LogP contribution in [0, 0.1) is 5.82 Å². The van der Waals surface area contributed by atoms with E-state index >= 15 is 0 Å². The van der Waals surface area contributed by atoms with E-state index in [0.717, 1.165) is 18.5 Å². The Morgan fingerprint density at radius 3 is 2.71 bits per heavy atom. The largest absolute Gasteiger partial charge is 0.496 e. The van der Waals surface area contributed by atoms with Crippen molar-refractivity contribution in [3.63, 3.8) is 0 Å². The Bertz CT molecular complexity index is 338. The number of methoxy groups -OCH3 is 1. The lowest BCUT2D eigenvalue weighted by molar-refractivity contribution is 0.189. The molecule has 0 saturated heterocycles. The first-order chi connectivity index (χ1) is 8.21. The molecule has 0 aromatic heterocycles. The van der Waals surface area contributed by atoms with E-state index in [9.17, 15) is 4.39 Å². The highest BCUT2D eigenvalue weighted by Crippen LogP contribution is 2.21. The smallest absolute Gasteiger partial charge is 0.123 e. The molecule has 0 aliphatic carbocycles. The lowest BCUT2D eigenvalue weighted by Crippen LogP contribution is -2.27. The maximum atomic E-state index is 13.2. The van der Waals surface area contributed by atoms with Gasteiger partial charge in [0.15, 0.2) is 0 Å². The predicted molar refractivity (Wildman–Crippen MR) is 65.6 cm³/mol. The first-order valence-electron chi connectivity index (χ1n) is 5.86. The number of aliphatic hydroxyl groups is 1. The summed E-state index contributed by atoms with van der Waals surface area (Å²) in [7, 11) is 1.58. The van der Waals surface area contributed by atoms with Crippen LogP contribution in [0.2, 0.25) is 0 Å². The molecule has 4 heteroatoms. The number of hydrogen-bond donors (Lipinski definition) is 1. The van der Waals surface area contributed by atoms with E-state index in [1.165, 1.54) is 12.1 Å². The van der Waals surface area contributed by atoms with Gasteiger partial charge in [-0.2, -0.15) is 0 Å². The van der Waals surface area contributed by atoms with Gasteiger partial charge in [0.2, 0.25) is 0 Å². The van der Waals surface area contributed by atoms with Gasteiger partial charge in [-0.05, 0) is 31.2 Å². The summed E-state index contributed by atoms with van der Waals surface area (Å²) in [5, 5.41) is 8.98. The van der Waals surface area contributed by atoms with E-state index in [0.29, 0.717) is 18.8 Å². The summed E-state index contributed by atoms with van der Waals surface area (Å²) in [5.41, 5.74) is 0.814. The zero-order chi connectivity index (χ0) is 12.7. The molecule has 0 fully saturated rings. The molecule has 0 unspecified atom stereocenters. The molecule has 1 aromatic rings. The summed E-state index contributed by atoms with van der Waals surface area (Å²) in [4.78, 5) is 2.08. The van der Waals surface area contributed by atoms with Gasteiger partial charge < -0.3 is 9.84 Å². The summed E-state index contributed by atoms with van der Waals surface area (Å²) >= 11 is 0. The fourth-order valence-corrected chi connectivity index (χ4v) is 1.84. The third kappa shape index (κ3) is 4.32. The molecule has 1 N–H and O–H groups in total. The molecule has 0 spiro atoms. The van der Waals surface area contributed by atoms with Gasteiger partial charge in [0.1, 0.15) is 11.6 Å². The standard InChI is InChI=1S/C13H20FNO2/c1-3-6-15(7-8-16)10-11-9-12(14)4-5-13(11)17-2/h4-5,9,16H,3,6-8,10H2,1-2H3. The van der Waals surface area contributed by atoms with Crippen molar-refractivity contribution in [3.05, 3.63) is 29.6 Å². The summed E-state index contributed by atoms with van der Waals surface area (Å²) in [5.74, 6) is 0.423. The minimum Gasteiger partial charge on any atom is -0.496 e. The number of hydrogen-bond acceptors (Lipinski definition) is 3. The van der Waals surface area contributed by atoms with Gasteiger partial charge in [0, 0.05) is 18.7 Å². The lowest BCUT2D eigenvalue weighted by Gasteiger charge is -2.21. The van der Waals surface area contributed by atoms with Gasteiger partial charge in [-0.1, -0.05) is 6.92 Å². The average Bonchev–Trinajstić information content (AvgIpc) is 2.30. The third-order valence-corrected chi connectivity index (χ3v) is 2.59. The number of aliphatic hydroxyl groups excluding tert-OH is 1. The Kier molecular flexibility index (Phi) is 5.94. The molecule has 0 aliphatic heterocycles. The van der Waals surface area contributed by atoms with E-state index in [1.54, 1.807) is 13.2 Å². The van der Waals surface area contributed by atoms with Crippen molar-refractivity contribution < 1.29 is 14.2 Å². The Hall–Kier alpha value is -1.13. The van der Waals surface area contributed by atoms with Crippen molar-refractivity contribution in [3.8, 4) is 5.75 Å². The minimum atomic E-state index is -0.263. The molecule has 3 nitrogen and oxygen atoms in total. The molecule has 0 saturated carbocycles. The Balaban J connectivity index is 2.79. The molecular formula is C13H20FNO2. The van der Waals surface area contributed by atoms with Crippen LogP contribution in [0.3, 0.4) is 0 Å². The van der Waals surface area contributed by atoms with Gasteiger partial charge >= 0.3 is 0 Å². The monoisotopic (exact) mass is 241 g/mol. The quantitative estimate of drug-likeness (QED) is 0.793. The van der Waals surface area contributed by atoms with Crippen LogP contribution in [0.1, 0.15) is 18.9 Å². The van der Waals surface area contributed by atoms with Crippen LogP contribution in [0.4, 0.5) is 4.39 Å². The van der Waals surface area contributed by atoms with E-state index < -0.39 is 0 Å². The van der Waals surface area contributed by atoms with Crippen molar-refractivity contribution in [2.45, 2.75) is 19.9 Å². The van der Waals surface area contributed by atoms with Crippen LogP contribution in [-0.2, 0) is 6.54 Å². The lowest BCUT2D eigenvalue weighted by atomic mass is 10.1. The van der Waals surface area contributed by atoms with E-state index in [1.807, 2.05) is 0 Å².